The summed E-state index contributed by atoms with van der Waals surface area (Å²) in [5, 5.41) is 44.8. The van der Waals surface area contributed by atoms with Gasteiger partial charge in [0.2, 0.25) is 5.75 Å². The molecule has 0 aliphatic heterocycles. The number of hydrogen-bond acceptors (Lipinski definition) is 13. The van der Waals surface area contributed by atoms with Crippen molar-refractivity contribution in [3.8, 4) is 11.5 Å². The Kier molecular flexibility index (Phi) is 17.0. The van der Waals surface area contributed by atoms with Gasteiger partial charge >= 0.3 is 29.2 Å². The standard InChI is InChI=1S/C18H24N2O6.C14H18N2O7/c1-4-8-17(21)26-18-15(19(22)23)11-14(12-16(18)20(24)25)10-7-5-6-9-13(2)3;1-5-9(4)11-6-10(15(18)19)7-12(16(20)21)13(11)23-14(17)22-8(2)3/h4,8,11-13H,5-7,9-10H2,1-3H3;6-9H,5H2,1-4H3/b8-4-;. The number of nitrogens with zero attached hydrogens (tertiary/aromatic N) is 4. The van der Waals surface area contributed by atoms with Crippen LogP contribution in [0, 0.1) is 46.4 Å². The third kappa shape index (κ3) is 13.6. The zero-order valence-electron chi connectivity index (χ0n) is 28.5. The van der Waals surface area contributed by atoms with Crippen molar-refractivity contribution < 1.29 is 43.5 Å². The van der Waals surface area contributed by atoms with Crippen LogP contribution < -0.4 is 9.47 Å². The van der Waals surface area contributed by atoms with E-state index in [0.717, 1.165) is 37.8 Å². The Morgan fingerprint density at radius 1 is 0.755 bits per heavy atom. The normalized spacial score (nSPS) is 11.4. The first-order valence-corrected chi connectivity index (χ1v) is 15.6. The SMILES string of the molecule is C/C=C\C(=O)Oc1c([N+](=O)[O-])cc(CCCCCC(C)C)cc1[N+](=O)[O-].CCC(C)c1cc([N+](=O)[O-])cc([N+](=O)[O-])c1OC(=O)OC(C)C. The van der Waals surface area contributed by atoms with E-state index in [1.165, 1.54) is 24.3 Å². The van der Waals surface area contributed by atoms with Gasteiger partial charge in [0.25, 0.3) is 11.4 Å². The molecule has 1 unspecified atom stereocenters. The van der Waals surface area contributed by atoms with E-state index in [9.17, 15) is 50.0 Å². The summed E-state index contributed by atoms with van der Waals surface area (Å²) in [7, 11) is 0. The van der Waals surface area contributed by atoms with Crippen molar-refractivity contribution in [2.45, 2.75) is 99.0 Å². The van der Waals surface area contributed by atoms with Gasteiger partial charge in [0, 0.05) is 29.8 Å². The predicted molar refractivity (Wildman–Crippen MR) is 178 cm³/mol. The van der Waals surface area contributed by atoms with Crippen molar-refractivity contribution in [3.05, 3.63) is 88.0 Å². The van der Waals surface area contributed by atoms with E-state index in [4.69, 9.17) is 14.2 Å². The smallest absolute Gasteiger partial charge is 0.431 e. The minimum Gasteiger partial charge on any atom is -0.431 e. The van der Waals surface area contributed by atoms with E-state index in [2.05, 4.69) is 13.8 Å². The third-order valence-corrected chi connectivity index (χ3v) is 6.91. The zero-order valence-corrected chi connectivity index (χ0v) is 28.5. The number of nitro benzene ring substituents is 4. The number of hydrogen-bond donors (Lipinski definition) is 0. The monoisotopic (exact) mass is 690 g/mol. The fourth-order valence-electron chi connectivity index (χ4n) is 4.36. The number of esters is 1. The number of benzene rings is 2. The van der Waals surface area contributed by atoms with E-state index in [1.807, 2.05) is 6.92 Å². The Balaban J connectivity index is 0.000000494. The average molecular weight is 691 g/mol. The first kappa shape index (κ1) is 41.5. The third-order valence-electron chi connectivity index (χ3n) is 6.91. The largest absolute Gasteiger partial charge is 0.514 e. The summed E-state index contributed by atoms with van der Waals surface area (Å²) in [4.78, 5) is 65.0. The number of ether oxygens (including phenoxy) is 3. The maximum absolute atomic E-state index is 11.7. The summed E-state index contributed by atoms with van der Waals surface area (Å²) in [5.74, 6) is -1.52. The molecule has 2 aromatic carbocycles. The molecule has 0 saturated carbocycles. The molecule has 268 valence electrons. The van der Waals surface area contributed by atoms with Crippen LogP contribution in [0.2, 0.25) is 0 Å². The van der Waals surface area contributed by atoms with Crippen LogP contribution in [0.15, 0.2) is 36.4 Å². The molecule has 17 nitrogen and oxygen atoms in total. The molecule has 1 atom stereocenters. The second-order valence-electron chi connectivity index (χ2n) is 11.6. The first-order chi connectivity index (χ1) is 22.9. The molecular weight excluding hydrogens is 648 g/mol. The van der Waals surface area contributed by atoms with Gasteiger partial charge in [-0.3, -0.25) is 40.5 Å². The topological polar surface area (TPSA) is 234 Å². The molecule has 0 aliphatic carbocycles. The molecule has 0 aromatic heterocycles. The first-order valence-electron chi connectivity index (χ1n) is 15.6. The summed E-state index contributed by atoms with van der Waals surface area (Å²) in [5.41, 5.74) is -1.52. The van der Waals surface area contributed by atoms with Crippen LogP contribution in [0.5, 0.6) is 11.5 Å². The summed E-state index contributed by atoms with van der Waals surface area (Å²) in [6, 6.07) is 4.43. The summed E-state index contributed by atoms with van der Waals surface area (Å²) < 4.78 is 14.7. The molecule has 0 saturated heterocycles. The molecule has 0 heterocycles. The maximum atomic E-state index is 11.7. The lowest BCUT2D eigenvalue weighted by atomic mass is 9.96. The maximum Gasteiger partial charge on any atom is 0.514 e. The highest BCUT2D eigenvalue weighted by molar-refractivity contribution is 5.86. The lowest BCUT2D eigenvalue weighted by Gasteiger charge is -2.15. The van der Waals surface area contributed by atoms with Crippen LogP contribution in [0.25, 0.3) is 0 Å². The number of carbonyl (C=O) groups is 2. The van der Waals surface area contributed by atoms with Gasteiger partial charge < -0.3 is 14.2 Å². The number of carbonyl (C=O) groups excluding carboxylic acids is 2. The van der Waals surface area contributed by atoms with Gasteiger partial charge in [0.1, 0.15) is 0 Å². The van der Waals surface area contributed by atoms with Crippen molar-refractivity contribution in [2.24, 2.45) is 5.92 Å². The molecular formula is C32H42N4O13. The number of nitro groups is 4. The molecule has 0 fully saturated rings. The molecule has 0 aliphatic rings. The molecule has 49 heavy (non-hydrogen) atoms. The minimum absolute atomic E-state index is 0.217. The molecule has 0 N–H and O–H groups in total. The van der Waals surface area contributed by atoms with Crippen molar-refractivity contribution in [2.75, 3.05) is 0 Å². The molecule has 0 amide bonds. The van der Waals surface area contributed by atoms with E-state index in [0.29, 0.717) is 24.3 Å². The van der Waals surface area contributed by atoms with Gasteiger partial charge in [-0.25, -0.2) is 9.59 Å². The van der Waals surface area contributed by atoms with Gasteiger partial charge in [0.05, 0.1) is 31.9 Å². The van der Waals surface area contributed by atoms with Crippen molar-refractivity contribution in [3.63, 3.8) is 0 Å². The number of unbranched alkanes of at least 4 members (excludes halogenated alkanes) is 2. The quantitative estimate of drug-likeness (QED) is 0.0305. The van der Waals surface area contributed by atoms with E-state index >= 15 is 0 Å². The Morgan fingerprint density at radius 2 is 1.31 bits per heavy atom. The van der Waals surface area contributed by atoms with E-state index in [1.54, 1.807) is 27.7 Å². The lowest BCUT2D eigenvalue weighted by Crippen LogP contribution is -2.17. The number of aryl methyl sites for hydroxylation is 1. The minimum atomic E-state index is -1.10. The average Bonchev–Trinajstić information content (AvgIpc) is 3.00. The summed E-state index contributed by atoms with van der Waals surface area (Å²) >= 11 is 0. The Labute approximate surface area is 282 Å². The second kappa shape index (κ2) is 20.0. The van der Waals surface area contributed by atoms with Crippen LogP contribution in [0.1, 0.15) is 97.6 Å². The van der Waals surface area contributed by atoms with Crippen LogP contribution in [0.4, 0.5) is 27.5 Å². The van der Waals surface area contributed by atoms with Gasteiger partial charge in [-0.2, -0.15) is 0 Å². The number of rotatable bonds is 16. The highest BCUT2D eigenvalue weighted by Crippen LogP contribution is 2.41. The number of non-ortho nitro benzene ring substituents is 1. The number of allylic oxidation sites excluding steroid dienone is 1. The van der Waals surface area contributed by atoms with E-state index in [-0.39, 0.29) is 17.2 Å². The Morgan fingerprint density at radius 3 is 1.76 bits per heavy atom. The molecule has 0 radical (unpaired) electrons. The Bertz CT molecular complexity index is 1520. The van der Waals surface area contributed by atoms with Gasteiger partial charge in [-0.05, 0) is 57.4 Å². The van der Waals surface area contributed by atoms with Crippen LogP contribution in [-0.4, -0.2) is 37.9 Å². The lowest BCUT2D eigenvalue weighted by molar-refractivity contribution is -0.395. The zero-order chi connectivity index (χ0) is 37.4. The fraction of sp³-hybridized carbons (Fsp3) is 0.500. The summed E-state index contributed by atoms with van der Waals surface area (Å²) in [6.45, 7) is 12.6. The van der Waals surface area contributed by atoms with Crippen molar-refractivity contribution in [1.82, 2.24) is 0 Å². The van der Waals surface area contributed by atoms with Crippen molar-refractivity contribution in [1.29, 1.82) is 0 Å². The molecule has 2 rings (SSSR count). The Hall–Kier alpha value is -5.48. The second-order valence-corrected chi connectivity index (χ2v) is 11.6. The van der Waals surface area contributed by atoms with Gasteiger partial charge in [0.15, 0.2) is 0 Å². The van der Waals surface area contributed by atoms with Crippen molar-refractivity contribution >= 4 is 34.9 Å². The van der Waals surface area contributed by atoms with Crippen LogP contribution in [0.3, 0.4) is 0 Å². The van der Waals surface area contributed by atoms with Gasteiger partial charge in [-0.1, -0.05) is 53.0 Å². The highest BCUT2D eigenvalue weighted by atomic mass is 16.7. The molecule has 0 bridgehead atoms. The summed E-state index contributed by atoms with van der Waals surface area (Å²) in [6.07, 6.45) is 5.75. The molecule has 0 spiro atoms. The van der Waals surface area contributed by atoms with Crippen LogP contribution >= 0.6 is 0 Å². The van der Waals surface area contributed by atoms with E-state index < -0.39 is 66.4 Å². The highest BCUT2D eigenvalue weighted by Gasteiger charge is 2.31. The van der Waals surface area contributed by atoms with Crippen LogP contribution in [-0.2, 0) is 16.0 Å². The molecule has 17 heteroatoms. The van der Waals surface area contributed by atoms with Gasteiger partial charge in [-0.15, -0.1) is 0 Å². The molecule has 2 aromatic rings. The predicted octanol–water partition coefficient (Wildman–Crippen LogP) is 8.68. The fourth-order valence-corrected chi connectivity index (χ4v) is 4.36.